The highest BCUT2D eigenvalue weighted by Gasteiger charge is 2.28. The minimum atomic E-state index is -0.537. The summed E-state index contributed by atoms with van der Waals surface area (Å²) < 4.78 is 5.69. The normalized spacial score (nSPS) is 11.6. The van der Waals surface area contributed by atoms with Gasteiger partial charge in [-0.1, -0.05) is 55.8 Å². The maximum absolute atomic E-state index is 13.0. The number of rotatable bonds is 9. The number of carbonyl (C=O) groups excluding carboxylic acids is 2. The van der Waals surface area contributed by atoms with Gasteiger partial charge in [0.15, 0.2) is 6.61 Å². The van der Waals surface area contributed by atoms with Crippen LogP contribution in [0.25, 0.3) is 0 Å². The van der Waals surface area contributed by atoms with Crippen molar-refractivity contribution in [1.82, 2.24) is 10.2 Å². The van der Waals surface area contributed by atoms with Crippen LogP contribution in [0.3, 0.4) is 0 Å². The topological polar surface area (TPSA) is 58.6 Å². The van der Waals surface area contributed by atoms with Crippen molar-refractivity contribution in [3.05, 3.63) is 65.2 Å². The standard InChI is InChI=1S/C23H30N2O3/c1-5-18-11-13-20(14-12-18)28-16-22(26)25(21(6-2)23(27)24-4)15-19-9-7-17(3)8-10-19/h7-14,21H,5-6,15-16H2,1-4H3,(H,24,27)/t21-/m1/s1. The smallest absolute Gasteiger partial charge is 0.261 e. The number of ether oxygens (including phenoxy) is 1. The first-order valence-corrected chi connectivity index (χ1v) is 9.76. The lowest BCUT2D eigenvalue weighted by Crippen LogP contribution is -2.49. The summed E-state index contributed by atoms with van der Waals surface area (Å²) in [4.78, 5) is 26.9. The fraction of sp³-hybridized carbons (Fsp3) is 0.391. The van der Waals surface area contributed by atoms with Gasteiger partial charge in [0, 0.05) is 13.6 Å². The van der Waals surface area contributed by atoms with Crippen LogP contribution in [0.15, 0.2) is 48.5 Å². The van der Waals surface area contributed by atoms with Crippen molar-refractivity contribution in [2.24, 2.45) is 0 Å². The molecule has 1 atom stereocenters. The molecule has 0 spiro atoms. The molecule has 0 heterocycles. The van der Waals surface area contributed by atoms with Crippen LogP contribution in [0.5, 0.6) is 5.75 Å². The maximum atomic E-state index is 13.0. The van der Waals surface area contributed by atoms with Crippen LogP contribution in [0.4, 0.5) is 0 Å². The summed E-state index contributed by atoms with van der Waals surface area (Å²) >= 11 is 0. The molecule has 2 aromatic carbocycles. The number of amides is 2. The van der Waals surface area contributed by atoms with Crippen molar-refractivity contribution in [3.63, 3.8) is 0 Å². The fourth-order valence-corrected chi connectivity index (χ4v) is 3.03. The summed E-state index contributed by atoms with van der Waals surface area (Å²) in [7, 11) is 1.59. The van der Waals surface area contributed by atoms with E-state index in [-0.39, 0.29) is 18.4 Å². The van der Waals surface area contributed by atoms with Gasteiger partial charge in [-0.2, -0.15) is 0 Å². The van der Waals surface area contributed by atoms with Gasteiger partial charge in [0.05, 0.1) is 0 Å². The number of hydrogen-bond acceptors (Lipinski definition) is 3. The molecule has 0 aromatic heterocycles. The van der Waals surface area contributed by atoms with Gasteiger partial charge in [-0.15, -0.1) is 0 Å². The van der Waals surface area contributed by atoms with E-state index in [0.29, 0.717) is 18.7 Å². The van der Waals surface area contributed by atoms with Gasteiger partial charge in [-0.3, -0.25) is 9.59 Å². The molecule has 5 heteroatoms. The van der Waals surface area contributed by atoms with Crippen molar-refractivity contribution in [1.29, 1.82) is 0 Å². The van der Waals surface area contributed by atoms with Crippen LogP contribution in [-0.4, -0.2) is 36.4 Å². The summed E-state index contributed by atoms with van der Waals surface area (Å²) in [5.74, 6) is 0.264. The lowest BCUT2D eigenvalue weighted by Gasteiger charge is -2.30. The summed E-state index contributed by atoms with van der Waals surface area (Å²) in [6.45, 7) is 6.27. The summed E-state index contributed by atoms with van der Waals surface area (Å²) in [5, 5.41) is 2.66. The molecule has 0 radical (unpaired) electrons. The molecule has 0 aliphatic heterocycles. The molecule has 2 aromatic rings. The average Bonchev–Trinajstić information content (AvgIpc) is 2.73. The maximum Gasteiger partial charge on any atom is 0.261 e. The first kappa shape index (κ1) is 21.5. The van der Waals surface area contributed by atoms with Crippen molar-refractivity contribution in [3.8, 4) is 5.75 Å². The highest BCUT2D eigenvalue weighted by atomic mass is 16.5. The van der Waals surface area contributed by atoms with E-state index in [2.05, 4.69) is 12.2 Å². The molecule has 0 aliphatic carbocycles. The first-order chi connectivity index (χ1) is 13.5. The van der Waals surface area contributed by atoms with Crippen molar-refractivity contribution < 1.29 is 14.3 Å². The second-order valence-electron chi connectivity index (χ2n) is 6.83. The molecule has 5 nitrogen and oxygen atoms in total. The highest BCUT2D eigenvalue weighted by molar-refractivity contribution is 5.88. The largest absolute Gasteiger partial charge is 0.484 e. The van der Waals surface area contributed by atoms with Crippen LogP contribution >= 0.6 is 0 Å². The van der Waals surface area contributed by atoms with E-state index in [0.717, 1.165) is 17.5 Å². The third-order valence-corrected chi connectivity index (χ3v) is 4.80. The van der Waals surface area contributed by atoms with Crippen molar-refractivity contribution in [2.75, 3.05) is 13.7 Å². The number of benzene rings is 2. The van der Waals surface area contributed by atoms with Crippen molar-refractivity contribution in [2.45, 2.75) is 46.2 Å². The molecule has 2 rings (SSSR count). The summed E-state index contributed by atoms with van der Waals surface area (Å²) in [6.07, 6.45) is 1.48. The van der Waals surface area contributed by atoms with E-state index in [9.17, 15) is 9.59 Å². The van der Waals surface area contributed by atoms with Gasteiger partial charge in [-0.05, 0) is 43.0 Å². The molecule has 0 saturated carbocycles. The summed E-state index contributed by atoms with van der Waals surface area (Å²) in [6, 6.07) is 15.2. The molecule has 2 amide bonds. The van der Waals surface area contributed by atoms with Crippen molar-refractivity contribution >= 4 is 11.8 Å². The van der Waals surface area contributed by atoms with E-state index < -0.39 is 6.04 Å². The van der Waals surface area contributed by atoms with Crippen LogP contribution in [-0.2, 0) is 22.6 Å². The Hall–Kier alpha value is -2.82. The van der Waals surface area contributed by atoms with Gasteiger partial charge in [-0.25, -0.2) is 0 Å². The second kappa shape index (κ2) is 10.5. The predicted molar refractivity (Wildman–Crippen MR) is 111 cm³/mol. The zero-order chi connectivity index (χ0) is 20.5. The Kier molecular flexibility index (Phi) is 8.05. The molecular weight excluding hydrogens is 352 g/mol. The Morgan fingerprint density at radius 3 is 2.14 bits per heavy atom. The number of nitrogens with zero attached hydrogens (tertiary/aromatic N) is 1. The Labute approximate surface area is 167 Å². The monoisotopic (exact) mass is 382 g/mol. The lowest BCUT2D eigenvalue weighted by molar-refractivity contribution is -0.142. The third kappa shape index (κ3) is 5.84. The third-order valence-electron chi connectivity index (χ3n) is 4.80. The minimum absolute atomic E-state index is 0.106. The van der Waals surface area contributed by atoms with E-state index in [4.69, 9.17) is 4.74 Å². The molecule has 0 aliphatic rings. The fourth-order valence-electron chi connectivity index (χ4n) is 3.03. The van der Waals surface area contributed by atoms with Gasteiger partial charge >= 0.3 is 0 Å². The SMILES string of the molecule is CCc1ccc(OCC(=O)N(Cc2ccc(C)cc2)[C@H](CC)C(=O)NC)cc1. The number of hydrogen-bond donors (Lipinski definition) is 1. The number of nitrogens with one attached hydrogen (secondary N) is 1. The van der Waals surface area contributed by atoms with Crippen LogP contribution in [0.2, 0.25) is 0 Å². The quantitative estimate of drug-likeness (QED) is 0.722. The molecule has 1 N–H and O–H groups in total. The molecule has 0 bridgehead atoms. The summed E-state index contributed by atoms with van der Waals surface area (Å²) in [5.41, 5.74) is 3.35. The minimum Gasteiger partial charge on any atom is -0.484 e. The zero-order valence-corrected chi connectivity index (χ0v) is 17.2. The average molecular weight is 383 g/mol. The highest BCUT2D eigenvalue weighted by Crippen LogP contribution is 2.16. The predicted octanol–water partition coefficient (Wildman–Crippen LogP) is 3.49. The Bertz CT molecular complexity index is 769. The van der Waals surface area contributed by atoms with Crippen LogP contribution < -0.4 is 10.1 Å². The lowest BCUT2D eigenvalue weighted by atomic mass is 10.1. The molecule has 28 heavy (non-hydrogen) atoms. The van der Waals surface area contributed by atoms with Gasteiger partial charge in [0.25, 0.3) is 5.91 Å². The Morgan fingerprint density at radius 1 is 1.00 bits per heavy atom. The molecule has 0 unspecified atom stereocenters. The van der Waals surface area contributed by atoms with Gasteiger partial charge in [0.1, 0.15) is 11.8 Å². The number of likely N-dealkylation sites (N-methyl/N-ethyl adjacent to an activating group) is 1. The number of aryl methyl sites for hydroxylation is 2. The first-order valence-electron chi connectivity index (χ1n) is 9.76. The van der Waals surface area contributed by atoms with E-state index in [1.165, 1.54) is 5.56 Å². The molecule has 0 saturated heterocycles. The zero-order valence-electron chi connectivity index (χ0n) is 17.2. The second-order valence-corrected chi connectivity index (χ2v) is 6.83. The van der Waals surface area contributed by atoms with E-state index in [1.54, 1.807) is 11.9 Å². The van der Waals surface area contributed by atoms with Gasteiger partial charge < -0.3 is 15.0 Å². The van der Waals surface area contributed by atoms with Crippen LogP contribution in [0, 0.1) is 6.92 Å². The number of carbonyl (C=O) groups is 2. The molecular formula is C23H30N2O3. The van der Waals surface area contributed by atoms with Crippen LogP contribution in [0.1, 0.15) is 37.0 Å². The van der Waals surface area contributed by atoms with Gasteiger partial charge in [0.2, 0.25) is 5.91 Å². The van der Waals surface area contributed by atoms with E-state index >= 15 is 0 Å². The molecule has 150 valence electrons. The Balaban J connectivity index is 2.14. The molecule has 0 fully saturated rings. The van der Waals surface area contributed by atoms with E-state index in [1.807, 2.05) is 62.4 Å². The Morgan fingerprint density at radius 2 is 1.61 bits per heavy atom.